The molecule has 3 heteroatoms. The Kier molecular flexibility index (Phi) is 4.74. The molecule has 102 valence electrons. The van der Waals surface area contributed by atoms with Gasteiger partial charge in [-0.3, -0.25) is 0 Å². The molecule has 1 aromatic rings. The number of thiophene rings is 1. The molecule has 1 aliphatic carbocycles. The smallest absolute Gasteiger partial charge is 0.0931 e. The summed E-state index contributed by atoms with van der Waals surface area (Å²) < 4.78 is 0.821. The summed E-state index contributed by atoms with van der Waals surface area (Å²) in [6.45, 7) is 4.52. The van der Waals surface area contributed by atoms with Crippen LogP contribution in [0.1, 0.15) is 50.8 Å². The summed E-state index contributed by atoms with van der Waals surface area (Å²) in [5, 5.41) is 10.7. The second-order valence-electron chi connectivity index (χ2n) is 6.09. The second kappa shape index (κ2) is 5.94. The van der Waals surface area contributed by atoms with Crippen LogP contribution in [-0.4, -0.2) is 11.2 Å². The largest absolute Gasteiger partial charge is 0.392 e. The molecule has 0 radical (unpaired) electrons. The van der Waals surface area contributed by atoms with Crippen molar-refractivity contribution in [1.29, 1.82) is 0 Å². The lowest BCUT2D eigenvalue weighted by atomic mass is 9.73. The molecule has 0 bridgehead atoms. The first-order valence-corrected chi connectivity index (χ1v) is 8.13. The van der Waals surface area contributed by atoms with Crippen molar-refractivity contribution in [2.75, 3.05) is 0 Å². The van der Waals surface area contributed by atoms with Gasteiger partial charge in [-0.2, -0.15) is 0 Å². The molecule has 1 aliphatic rings. The van der Waals surface area contributed by atoms with Gasteiger partial charge in [-0.25, -0.2) is 0 Å². The molecule has 1 atom stereocenters. The van der Waals surface area contributed by atoms with E-state index in [0.29, 0.717) is 5.92 Å². The number of aliphatic hydroxyl groups is 1. The predicted octanol–water partition coefficient (Wildman–Crippen LogP) is 4.91. The molecular weight excluding hydrogens is 264 g/mol. The zero-order valence-corrected chi connectivity index (χ0v) is 12.9. The van der Waals surface area contributed by atoms with E-state index in [9.17, 15) is 5.11 Å². The lowest BCUT2D eigenvalue weighted by Gasteiger charge is -2.36. The van der Waals surface area contributed by atoms with Gasteiger partial charge in [-0.15, -0.1) is 11.3 Å². The second-order valence-corrected chi connectivity index (χ2v) is 7.89. The van der Waals surface area contributed by atoms with Crippen molar-refractivity contribution in [3.8, 4) is 0 Å². The average Bonchev–Trinajstić information content (AvgIpc) is 2.88. The van der Waals surface area contributed by atoms with Gasteiger partial charge in [0, 0.05) is 11.3 Å². The lowest BCUT2D eigenvalue weighted by Crippen LogP contribution is -2.35. The molecule has 1 unspecified atom stereocenters. The van der Waals surface area contributed by atoms with Gasteiger partial charge >= 0.3 is 0 Å². The van der Waals surface area contributed by atoms with Gasteiger partial charge in [-0.05, 0) is 42.7 Å². The Morgan fingerprint density at radius 3 is 2.50 bits per heavy atom. The molecule has 1 nitrogen and oxygen atoms in total. The van der Waals surface area contributed by atoms with E-state index in [4.69, 9.17) is 11.6 Å². The first-order chi connectivity index (χ1) is 8.52. The third kappa shape index (κ3) is 3.28. The van der Waals surface area contributed by atoms with Gasteiger partial charge in [0.15, 0.2) is 0 Å². The summed E-state index contributed by atoms with van der Waals surface area (Å²) >= 11 is 7.56. The Balaban J connectivity index is 2.06. The molecule has 2 rings (SSSR count). The molecule has 18 heavy (non-hydrogen) atoms. The molecule has 1 fully saturated rings. The number of hydrogen-bond acceptors (Lipinski definition) is 2. The minimum Gasteiger partial charge on any atom is -0.392 e. The summed E-state index contributed by atoms with van der Waals surface area (Å²) in [5.41, 5.74) is 0.157. The van der Waals surface area contributed by atoms with Crippen LogP contribution in [-0.2, 0) is 6.42 Å². The van der Waals surface area contributed by atoms with E-state index in [2.05, 4.69) is 13.8 Å². The van der Waals surface area contributed by atoms with Gasteiger partial charge in [0.05, 0.1) is 10.4 Å². The molecular formula is C15H23ClOS. The van der Waals surface area contributed by atoms with Gasteiger partial charge in [0.1, 0.15) is 0 Å². The first-order valence-electron chi connectivity index (χ1n) is 6.94. The molecule has 1 heterocycles. The van der Waals surface area contributed by atoms with E-state index in [0.717, 1.165) is 17.2 Å². The highest BCUT2D eigenvalue weighted by Gasteiger charge is 2.40. The van der Waals surface area contributed by atoms with Crippen molar-refractivity contribution in [2.24, 2.45) is 11.3 Å². The van der Waals surface area contributed by atoms with Crippen LogP contribution >= 0.6 is 22.9 Å². The monoisotopic (exact) mass is 286 g/mol. The quantitative estimate of drug-likeness (QED) is 0.815. The highest BCUT2D eigenvalue weighted by Crippen LogP contribution is 2.47. The normalized spacial score (nSPS) is 20.5. The highest BCUT2D eigenvalue weighted by molar-refractivity contribution is 7.16. The van der Waals surface area contributed by atoms with Crippen LogP contribution < -0.4 is 0 Å². The minimum atomic E-state index is -0.211. The first kappa shape index (κ1) is 14.4. The van der Waals surface area contributed by atoms with Crippen molar-refractivity contribution in [2.45, 2.75) is 58.5 Å². The molecule has 1 aromatic heterocycles. The van der Waals surface area contributed by atoms with Crippen LogP contribution in [0.5, 0.6) is 0 Å². The van der Waals surface area contributed by atoms with Crippen molar-refractivity contribution < 1.29 is 5.11 Å². The summed E-state index contributed by atoms with van der Waals surface area (Å²) in [6.07, 6.45) is 6.62. The van der Waals surface area contributed by atoms with Crippen molar-refractivity contribution in [1.82, 2.24) is 0 Å². The van der Waals surface area contributed by atoms with Crippen LogP contribution in [0.2, 0.25) is 4.34 Å². The Morgan fingerprint density at radius 2 is 2.00 bits per heavy atom. The summed E-state index contributed by atoms with van der Waals surface area (Å²) in [5.74, 6) is 0.657. The van der Waals surface area contributed by atoms with E-state index in [1.54, 1.807) is 11.3 Å². The third-order valence-corrected chi connectivity index (χ3v) is 5.40. The maximum absolute atomic E-state index is 10.7. The van der Waals surface area contributed by atoms with E-state index >= 15 is 0 Å². The van der Waals surface area contributed by atoms with Gasteiger partial charge in [0.25, 0.3) is 0 Å². The Bertz CT molecular complexity index is 380. The summed E-state index contributed by atoms with van der Waals surface area (Å²) in [7, 11) is 0. The molecule has 1 N–H and O–H groups in total. The van der Waals surface area contributed by atoms with Crippen molar-refractivity contribution in [3.63, 3.8) is 0 Å². The zero-order chi connectivity index (χ0) is 13.2. The Morgan fingerprint density at radius 1 is 1.33 bits per heavy atom. The number of hydrogen-bond donors (Lipinski definition) is 1. The van der Waals surface area contributed by atoms with E-state index in [1.807, 2.05) is 12.1 Å². The molecule has 0 aromatic carbocycles. The fraction of sp³-hybridized carbons (Fsp3) is 0.733. The highest BCUT2D eigenvalue weighted by atomic mass is 35.5. The van der Waals surface area contributed by atoms with Crippen LogP contribution in [0.4, 0.5) is 0 Å². The SMILES string of the molecule is CC(C)CC1(C(O)Cc2ccc(Cl)s2)CCCC1. The Labute approximate surface area is 119 Å². The third-order valence-electron chi connectivity index (χ3n) is 4.14. The summed E-state index contributed by atoms with van der Waals surface area (Å²) in [6, 6.07) is 3.98. The van der Waals surface area contributed by atoms with Gasteiger partial charge in [-0.1, -0.05) is 38.3 Å². The molecule has 0 saturated heterocycles. The molecule has 1 saturated carbocycles. The maximum atomic E-state index is 10.7. The van der Waals surface area contributed by atoms with E-state index in [-0.39, 0.29) is 11.5 Å². The van der Waals surface area contributed by atoms with Crippen molar-refractivity contribution in [3.05, 3.63) is 21.3 Å². The van der Waals surface area contributed by atoms with E-state index < -0.39 is 0 Å². The number of aliphatic hydroxyl groups excluding tert-OH is 1. The van der Waals surface area contributed by atoms with Crippen LogP contribution in [0.15, 0.2) is 12.1 Å². The fourth-order valence-corrected chi connectivity index (χ4v) is 4.56. The van der Waals surface area contributed by atoms with Crippen LogP contribution in [0, 0.1) is 11.3 Å². The minimum absolute atomic E-state index is 0.157. The maximum Gasteiger partial charge on any atom is 0.0931 e. The number of halogens is 1. The molecule has 0 aliphatic heterocycles. The van der Waals surface area contributed by atoms with E-state index in [1.165, 1.54) is 30.6 Å². The standard InChI is InChI=1S/C15H23ClOS/c1-11(2)10-15(7-3-4-8-15)13(17)9-12-5-6-14(16)18-12/h5-6,11,13,17H,3-4,7-10H2,1-2H3. The van der Waals surface area contributed by atoms with Crippen LogP contribution in [0.3, 0.4) is 0 Å². The molecule has 0 amide bonds. The molecule has 0 spiro atoms. The Hall–Kier alpha value is -0.0500. The predicted molar refractivity (Wildman–Crippen MR) is 79.4 cm³/mol. The fourth-order valence-electron chi connectivity index (χ4n) is 3.43. The average molecular weight is 287 g/mol. The van der Waals surface area contributed by atoms with Gasteiger partial charge in [0.2, 0.25) is 0 Å². The topological polar surface area (TPSA) is 20.2 Å². The lowest BCUT2D eigenvalue weighted by molar-refractivity contribution is 0.0139. The number of rotatable bonds is 5. The summed E-state index contributed by atoms with van der Waals surface area (Å²) in [4.78, 5) is 1.21. The zero-order valence-electron chi connectivity index (χ0n) is 11.3. The van der Waals surface area contributed by atoms with Crippen molar-refractivity contribution >= 4 is 22.9 Å². The van der Waals surface area contributed by atoms with Gasteiger partial charge < -0.3 is 5.11 Å². The van der Waals surface area contributed by atoms with Crippen LogP contribution in [0.25, 0.3) is 0 Å².